The number of rotatable bonds is 7. The molecule has 90 valence electrons. The van der Waals surface area contributed by atoms with E-state index in [1.165, 1.54) is 0 Å². The summed E-state index contributed by atoms with van der Waals surface area (Å²) in [7, 11) is 0. The Hall–Kier alpha value is -0.610. The largest absolute Gasteiger partial charge is 0.369 e. The number of hydrogen-bond acceptors (Lipinski definition) is 3. The van der Waals surface area contributed by atoms with E-state index in [1.54, 1.807) is 0 Å². The fourth-order valence-electron chi connectivity index (χ4n) is 1.24. The van der Waals surface area contributed by atoms with Crippen LogP contribution < -0.4 is 11.1 Å². The van der Waals surface area contributed by atoms with Crippen LogP contribution in [0.25, 0.3) is 0 Å². The average Bonchev–Trinajstić information content (AvgIpc) is 2.14. The van der Waals surface area contributed by atoms with Crippen LogP contribution >= 0.6 is 0 Å². The minimum atomic E-state index is -0.0594. The molecule has 0 radical (unpaired) electrons. The first-order chi connectivity index (χ1) is 6.97. The van der Waals surface area contributed by atoms with E-state index in [0.717, 1.165) is 6.42 Å². The minimum absolute atomic E-state index is 0.0594. The molecule has 1 amide bonds. The molecule has 0 aliphatic rings. The highest BCUT2D eigenvalue weighted by Gasteiger charge is 2.15. The average molecular weight is 216 g/mol. The normalized spacial score (nSPS) is 13.3. The summed E-state index contributed by atoms with van der Waals surface area (Å²) >= 11 is 0. The summed E-state index contributed by atoms with van der Waals surface area (Å²) in [5, 5.41) is 2.93. The molecule has 0 heterocycles. The Morgan fingerprint density at radius 1 is 1.33 bits per heavy atom. The van der Waals surface area contributed by atoms with E-state index in [2.05, 4.69) is 19.2 Å². The molecule has 0 spiro atoms. The van der Waals surface area contributed by atoms with Gasteiger partial charge in [0.1, 0.15) is 6.61 Å². The van der Waals surface area contributed by atoms with Crippen molar-refractivity contribution in [1.82, 2.24) is 5.32 Å². The van der Waals surface area contributed by atoms with E-state index in [9.17, 15) is 4.79 Å². The second kappa shape index (κ2) is 7.65. The predicted molar refractivity (Wildman–Crippen MR) is 61.5 cm³/mol. The van der Waals surface area contributed by atoms with Gasteiger partial charge in [-0.05, 0) is 32.7 Å². The second-order valence-electron chi connectivity index (χ2n) is 4.36. The molecule has 0 aliphatic carbocycles. The molecule has 0 saturated carbocycles. The van der Waals surface area contributed by atoms with Gasteiger partial charge in [-0.25, -0.2) is 0 Å². The molecule has 3 N–H and O–H groups in total. The quantitative estimate of drug-likeness (QED) is 0.664. The van der Waals surface area contributed by atoms with Gasteiger partial charge in [0, 0.05) is 6.04 Å². The number of carbonyl (C=O) groups is 1. The van der Waals surface area contributed by atoms with Crippen LogP contribution in [-0.2, 0) is 9.53 Å². The fourth-order valence-corrected chi connectivity index (χ4v) is 1.24. The van der Waals surface area contributed by atoms with Gasteiger partial charge >= 0.3 is 0 Å². The lowest BCUT2D eigenvalue weighted by Crippen LogP contribution is -2.41. The van der Waals surface area contributed by atoms with Gasteiger partial charge in [0.05, 0.1) is 6.10 Å². The van der Waals surface area contributed by atoms with Crippen LogP contribution in [-0.4, -0.2) is 31.2 Å². The van der Waals surface area contributed by atoms with E-state index in [4.69, 9.17) is 10.5 Å². The number of hydrogen-bond donors (Lipinski definition) is 2. The molecule has 0 bridgehead atoms. The zero-order valence-corrected chi connectivity index (χ0v) is 10.2. The summed E-state index contributed by atoms with van der Waals surface area (Å²) in [6, 6.07) is 0.151. The summed E-state index contributed by atoms with van der Waals surface area (Å²) in [5.74, 6) is 0.340. The molecule has 0 aromatic heterocycles. The zero-order chi connectivity index (χ0) is 11.8. The lowest BCUT2D eigenvalue weighted by molar-refractivity contribution is -0.128. The Bertz CT molecular complexity index is 181. The zero-order valence-electron chi connectivity index (χ0n) is 10.2. The summed E-state index contributed by atoms with van der Waals surface area (Å²) < 4.78 is 5.22. The maximum Gasteiger partial charge on any atom is 0.246 e. The third-order valence-electron chi connectivity index (χ3n) is 2.18. The van der Waals surface area contributed by atoms with Gasteiger partial charge in [0.25, 0.3) is 0 Å². The third-order valence-corrected chi connectivity index (χ3v) is 2.18. The standard InChI is InChI=1S/C11H24N2O2/c1-8(2)10(5-6-12)13-11(14)7-15-9(3)4/h8-10H,5-7,12H2,1-4H3,(H,13,14). The van der Waals surface area contributed by atoms with Crippen molar-refractivity contribution in [2.45, 2.75) is 46.3 Å². The summed E-state index contributed by atoms with van der Waals surface area (Å²) in [5.41, 5.74) is 5.48. The number of carbonyl (C=O) groups excluding carboxylic acids is 1. The van der Waals surface area contributed by atoms with Crippen molar-refractivity contribution in [3.05, 3.63) is 0 Å². The van der Waals surface area contributed by atoms with Crippen molar-refractivity contribution in [2.24, 2.45) is 11.7 Å². The summed E-state index contributed by atoms with van der Waals surface area (Å²) in [4.78, 5) is 11.5. The molecule has 15 heavy (non-hydrogen) atoms. The molecule has 4 heteroatoms. The van der Waals surface area contributed by atoms with Crippen LogP contribution in [0.15, 0.2) is 0 Å². The Morgan fingerprint density at radius 2 is 1.93 bits per heavy atom. The SMILES string of the molecule is CC(C)OCC(=O)NC(CCN)C(C)C. The van der Waals surface area contributed by atoms with E-state index >= 15 is 0 Å². The molecule has 1 unspecified atom stereocenters. The second-order valence-corrected chi connectivity index (χ2v) is 4.36. The highest BCUT2D eigenvalue weighted by molar-refractivity contribution is 5.77. The van der Waals surface area contributed by atoms with Gasteiger partial charge in [-0.1, -0.05) is 13.8 Å². The third kappa shape index (κ3) is 7.33. The number of amides is 1. The maximum absolute atomic E-state index is 11.5. The highest BCUT2D eigenvalue weighted by Crippen LogP contribution is 2.04. The first-order valence-electron chi connectivity index (χ1n) is 5.58. The van der Waals surface area contributed by atoms with Crippen molar-refractivity contribution in [3.8, 4) is 0 Å². The molecule has 0 fully saturated rings. The Labute approximate surface area is 92.6 Å². The van der Waals surface area contributed by atoms with E-state index in [0.29, 0.717) is 12.5 Å². The van der Waals surface area contributed by atoms with Crippen molar-refractivity contribution < 1.29 is 9.53 Å². The van der Waals surface area contributed by atoms with Gasteiger partial charge in [-0.15, -0.1) is 0 Å². The summed E-state index contributed by atoms with van der Waals surface area (Å²) in [6.07, 6.45) is 0.896. The topological polar surface area (TPSA) is 64.3 Å². The predicted octanol–water partition coefficient (Wildman–Crippen LogP) is 0.901. The van der Waals surface area contributed by atoms with Gasteiger partial charge in [0.15, 0.2) is 0 Å². The summed E-state index contributed by atoms with van der Waals surface area (Å²) in [6.45, 7) is 8.69. The first-order valence-corrected chi connectivity index (χ1v) is 5.58. The van der Waals surface area contributed by atoms with Gasteiger partial charge in [-0.2, -0.15) is 0 Å². The maximum atomic E-state index is 11.5. The first kappa shape index (κ1) is 14.4. The molecule has 0 aliphatic heterocycles. The van der Waals surface area contributed by atoms with Crippen molar-refractivity contribution in [3.63, 3.8) is 0 Å². The van der Waals surface area contributed by atoms with E-state index in [-0.39, 0.29) is 24.7 Å². The molecule has 1 atom stereocenters. The monoisotopic (exact) mass is 216 g/mol. The molecule has 0 aromatic carbocycles. The van der Waals surface area contributed by atoms with E-state index < -0.39 is 0 Å². The smallest absolute Gasteiger partial charge is 0.246 e. The van der Waals surface area contributed by atoms with Gasteiger partial charge < -0.3 is 15.8 Å². The molecule has 0 aromatic rings. The van der Waals surface area contributed by atoms with E-state index in [1.807, 2.05) is 13.8 Å². The van der Waals surface area contributed by atoms with Gasteiger partial charge in [-0.3, -0.25) is 4.79 Å². The van der Waals surface area contributed by atoms with Crippen LogP contribution in [0.1, 0.15) is 34.1 Å². The van der Waals surface area contributed by atoms with Crippen LogP contribution in [0.2, 0.25) is 0 Å². The van der Waals surface area contributed by atoms with Crippen LogP contribution in [0.5, 0.6) is 0 Å². The molecular weight excluding hydrogens is 192 g/mol. The molecule has 0 rings (SSSR count). The molecular formula is C11H24N2O2. The lowest BCUT2D eigenvalue weighted by Gasteiger charge is -2.22. The number of ether oxygens (including phenoxy) is 1. The van der Waals surface area contributed by atoms with Crippen LogP contribution in [0, 0.1) is 5.92 Å². The Kier molecular flexibility index (Phi) is 7.34. The number of nitrogens with two attached hydrogens (primary N) is 1. The lowest BCUT2D eigenvalue weighted by atomic mass is 10.0. The fraction of sp³-hybridized carbons (Fsp3) is 0.909. The van der Waals surface area contributed by atoms with Gasteiger partial charge in [0.2, 0.25) is 5.91 Å². The minimum Gasteiger partial charge on any atom is -0.369 e. The van der Waals surface area contributed by atoms with Crippen molar-refractivity contribution in [2.75, 3.05) is 13.2 Å². The van der Waals surface area contributed by atoms with Crippen molar-refractivity contribution >= 4 is 5.91 Å². The van der Waals surface area contributed by atoms with Crippen LogP contribution in [0.4, 0.5) is 0 Å². The number of nitrogens with one attached hydrogen (secondary N) is 1. The molecule has 0 saturated heterocycles. The Morgan fingerprint density at radius 3 is 2.33 bits per heavy atom. The van der Waals surface area contributed by atoms with Crippen LogP contribution in [0.3, 0.4) is 0 Å². The molecule has 4 nitrogen and oxygen atoms in total. The van der Waals surface area contributed by atoms with Crippen molar-refractivity contribution in [1.29, 1.82) is 0 Å². The Balaban J connectivity index is 3.89. The highest BCUT2D eigenvalue weighted by atomic mass is 16.5.